The molecule has 0 bridgehead atoms. The molecule has 13 heavy (non-hydrogen) atoms. The highest BCUT2D eigenvalue weighted by atomic mass is 16.5. The second-order valence-electron chi connectivity index (χ2n) is 2.40. The average molecular weight is 178 g/mol. The van der Waals surface area contributed by atoms with Gasteiger partial charge in [0.2, 0.25) is 0 Å². The summed E-state index contributed by atoms with van der Waals surface area (Å²) < 4.78 is 0. The van der Waals surface area contributed by atoms with Gasteiger partial charge >= 0.3 is 5.69 Å². The van der Waals surface area contributed by atoms with Crippen LogP contribution in [0.15, 0.2) is 23.1 Å². The lowest BCUT2D eigenvalue weighted by atomic mass is 10.3. The minimum atomic E-state index is -0.553. The van der Waals surface area contributed by atoms with Crippen molar-refractivity contribution < 1.29 is 5.21 Å². The van der Waals surface area contributed by atoms with E-state index in [-0.39, 0.29) is 5.82 Å². The average Bonchev–Trinajstić information content (AvgIpc) is 2.16. The molecule has 6 nitrogen and oxygen atoms in total. The molecule has 0 radical (unpaired) electrons. The van der Waals surface area contributed by atoms with Crippen molar-refractivity contribution >= 4 is 16.9 Å². The van der Waals surface area contributed by atoms with Crippen molar-refractivity contribution in [2.45, 2.75) is 0 Å². The Bertz CT molecular complexity index is 493. The van der Waals surface area contributed by atoms with Crippen LogP contribution in [0.1, 0.15) is 0 Å². The van der Waals surface area contributed by atoms with E-state index >= 15 is 0 Å². The normalized spacial score (nSPS) is 10.2. The van der Waals surface area contributed by atoms with Crippen LogP contribution < -0.4 is 11.2 Å². The van der Waals surface area contributed by atoms with Crippen LogP contribution >= 0.6 is 0 Å². The van der Waals surface area contributed by atoms with Crippen molar-refractivity contribution in [1.29, 1.82) is 0 Å². The Labute approximate surface area is 72.2 Å². The third-order valence-electron chi connectivity index (χ3n) is 1.61. The quantitative estimate of drug-likeness (QED) is 0.539. The summed E-state index contributed by atoms with van der Waals surface area (Å²) in [6.45, 7) is 0. The number of rotatable bonds is 1. The van der Waals surface area contributed by atoms with Gasteiger partial charge in [-0.05, 0) is 12.1 Å². The summed E-state index contributed by atoms with van der Waals surface area (Å²) in [4.78, 5) is 20.7. The van der Waals surface area contributed by atoms with E-state index in [0.29, 0.717) is 11.0 Å². The topological polar surface area (TPSA) is 90.9 Å². The molecule has 0 unspecified atom stereocenters. The molecule has 0 amide bonds. The molecule has 0 fully saturated rings. The fourth-order valence-electron chi connectivity index (χ4n) is 1.07. The Morgan fingerprint density at radius 1 is 1.54 bits per heavy atom. The number of nitrogens with one attached hydrogen (secondary N) is 2. The second kappa shape index (κ2) is 2.83. The zero-order valence-electron chi connectivity index (χ0n) is 6.48. The van der Waals surface area contributed by atoms with Crippen molar-refractivity contribution in [1.82, 2.24) is 15.0 Å². The van der Waals surface area contributed by atoms with Gasteiger partial charge in [-0.3, -0.25) is 15.7 Å². The summed E-state index contributed by atoms with van der Waals surface area (Å²) in [5.41, 5.74) is 1.62. The number of fused-ring (bicyclic) bond motifs is 1. The molecule has 0 atom stereocenters. The molecule has 0 aliphatic rings. The summed E-state index contributed by atoms with van der Waals surface area (Å²) in [5.74, 6) is 0.197. The van der Waals surface area contributed by atoms with Gasteiger partial charge < -0.3 is 0 Å². The first-order chi connectivity index (χ1) is 6.31. The number of H-pyrrole nitrogens is 1. The maximum Gasteiger partial charge on any atom is 0.348 e. The lowest BCUT2D eigenvalue weighted by molar-refractivity contribution is 0.386. The lowest BCUT2D eigenvalue weighted by Crippen LogP contribution is -2.13. The zero-order valence-corrected chi connectivity index (χ0v) is 6.48. The highest BCUT2D eigenvalue weighted by molar-refractivity contribution is 5.85. The summed E-state index contributed by atoms with van der Waals surface area (Å²) in [5, 5.41) is 9.24. The van der Waals surface area contributed by atoms with Gasteiger partial charge in [-0.25, -0.2) is 9.78 Å². The van der Waals surface area contributed by atoms with Gasteiger partial charge in [-0.1, -0.05) is 0 Å². The fourth-order valence-corrected chi connectivity index (χ4v) is 1.07. The van der Waals surface area contributed by atoms with Crippen LogP contribution in [-0.4, -0.2) is 20.2 Å². The summed E-state index contributed by atoms with van der Waals surface area (Å²) in [7, 11) is 0. The summed E-state index contributed by atoms with van der Waals surface area (Å²) in [6.07, 6.45) is 1.52. The van der Waals surface area contributed by atoms with E-state index in [0.717, 1.165) is 0 Å². The summed E-state index contributed by atoms with van der Waals surface area (Å²) in [6, 6.07) is 3.37. The molecule has 6 heteroatoms. The molecule has 2 aromatic rings. The molecular weight excluding hydrogens is 172 g/mol. The highest BCUT2D eigenvalue weighted by Crippen LogP contribution is 2.13. The second-order valence-corrected chi connectivity index (χ2v) is 2.40. The molecule has 0 saturated heterocycles. The van der Waals surface area contributed by atoms with Crippen LogP contribution in [0.4, 0.5) is 5.82 Å². The molecule has 0 aliphatic heterocycles. The Hall–Kier alpha value is -1.95. The largest absolute Gasteiger partial charge is 0.348 e. The lowest BCUT2D eigenvalue weighted by Gasteiger charge is -2.01. The smallest absolute Gasteiger partial charge is 0.290 e. The Morgan fingerprint density at radius 2 is 2.38 bits per heavy atom. The third-order valence-corrected chi connectivity index (χ3v) is 1.61. The van der Waals surface area contributed by atoms with Crippen LogP contribution in [0, 0.1) is 0 Å². The maximum absolute atomic E-state index is 10.9. The SMILES string of the molecule is O=c1nc2ncccc2c(NO)[nH]1. The van der Waals surface area contributed by atoms with E-state index in [1.807, 2.05) is 5.48 Å². The molecule has 66 valence electrons. The molecular formula is C7H6N4O2. The standard InChI is InChI=1S/C7H6N4O2/c12-7-9-5-4(2-1-3-8-5)6(10-7)11-13/h1-3,13H,(H2,8,9,10,11,12). The number of pyridine rings is 1. The van der Waals surface area contributed by atoms with E-state index in [4.69, 9.17) is 5.21 Å². The van der Waals surface area contributed by atoms with E-state index in [9.17, 15) is 4.79 Å². The van der Waals surface area contributed by atoms with Crippen molar-refractivity contribution in [3.05, 3.63) is 28.8 Å². The van der Waals surface area contributed by atoms with Gasteiger partial charge in [0.25, 0.3) is 0 Å². The third kappa shape index (κ3) is 1.23. The van der Waals surface area contributed by atoms with Crippen molar-refractivity contribution in [2.75, 3.05) is 5.48 Å². The Morgan fingerprint density at radius 3 is 3.15 bits per heavy atom. The summed E-state index contributed by atoms with van der Waals surface area (Å²) >= 11 is 0. The molecule has 0 spiro atoms. The van der Waals surface area contributed by atoms with E-state index in [1.165, 1.54) is 6.20 Å². The Kier molecular flexibility index (Phi) is 1.67. The molecule has 2 heterocycles. The van der Waals surface area contributed by atoms with Gasteiger partial charge in [-0.2, -0.15) is 4.98 Å². The van der Waals surface area contributed by atoms with Crippen LogP contribution in [0.25, 0.3) is 11.0 Å². The maximum atomic E-state index is 10.9. The van der Waals surface area contributed by atoms with Crippen molar-refractivity contribution in [3.8, 4) is 0 Å². The van der Waals surface area contributed by atoms with Crippen LogP contribution in [0.2, 0.25) is 0 Å². The van der Waals surface area contributed by atoms with Crippen LogP contribution in [-0.2, 0) is 0 Å². The minimum absolute atomic E-state index is 0.197. The van der Waals surface area contributed by atoms with Crippen LogP contribution in [0.3, 0.4) is 0 Å². The van der Waals surface area contributed by atoms with Gasteiger partial charge in [0.05, 0.1) is 5.39 Å². The number of hydrogen-bond donors (Lipinski definition) is 3. The molecule has 0 aliphatic carbocycles. The number of aromatic amines is 1. The van der Waals surface area contributed by atoms with Gasteiger partial charge in [-0.15, -0.1) is 0 Å². The molecule has 2 aromatic heterocycles. The molecule has 0 aromatic carbocycles. The number of nitrogens with zero attached hydrogens (tertiary/aromatic N) is 2. The fraction of sp³-hybridized carbons (Fsp3) is 0. The van der Waals surface area contributed by atoms with Gasteiger partial charge in [0.1, 0.15) is 5.82 Å². The predicted octanol–water partition coefficient (Wildman–Crippen LogP) is 0.119. The predicted molar refractivity (Wildman–Crippen MR) is 45.6 cm³/mol. The number of aromatic nitrogens is 3. The highest BCUT2D eigenvalue weighted by Gasteiger charge is 2.02. The monoisotopic (exact) mass is 178 g/mol. The first kappa shape index (κ1) is 7.69. The van der Waals surface area contributed by atoms with Crippen molar-refractivity contribution in [3.63, 3.8) is 0 Å². The molecule has 3 N–H and O–H groups in total. The molecule has 0 saturated carbocycles. The molecule has 2 rings (SSSR count). The Balaban J connectivity index is 2.89. The number of anilines is 1. The zero-order chi connectivity index (χ0) is 9.26. The van der Waals surface area contributed by atoms with Crippen LogP contribution in [0.5, 0.6) is 0 Å². The number of hydrogen-bond acceptors (Lipinski definition) is 5. The first-order valence-corrected chi connectivity index (χ1v) is 3.56. The van der Waals surface area contributed by atoms with E-state index in [2.05, 4.69) is 15.0 Å². The van der Waals surface area contributed by atoms with Crippen molar-refractivity contribution in [2.24, 2.45) is 0 Å². The first-order valence-electron chi connectivity index (χ1n) is 3.56. The minimum Gasteiger partial charge on any atom is -0.290 e. The van der Waals surface area contributed by atoms with Gasteiger partial charge in [0, 0.05) is 6.20 Å². The van der Waals surface area contributed by atoms with E-state index < -0.39 is 5.69 Å². The van der Waals surface area contributed by atoms with Gasteiger partial charge in [0.15, 0.2) is 5.65 Å². The van der Waals surface area contributed by atoms with E-state index in [1.54, 1.807) is 12.1 Å².